The van der Waals surface area contributed by atoms with Gasteiger partial charge < -0.3 is 4.42 Å². The molecule has 0 aliphatic rings. The van der Waals surface area contributed by atoms with E-state index in [9.17, 15) is 13.2 Å². The minimum Gasteiger partial charge on any atom is -0.468 e. The van der Waals surface area contributed by atoms with E-state index >= 15 is 0 Å². The Hall–Kier alpha value is -2.97. The molecule has 0 aliphatic heterocycles. The Morgan fingerprint density at radius 1 is 1.10 bits per heavy atom. The van der Waals surface area contributed by atoms with Crippen molar-refractivity contribution in [3.63, 3.8) is 0 Å². The van der Waals surface area contributed by atoms with Crippen LogP contribution in [0.25, 0.3) is 0 Å². The summed E-state index contributed by atoms with van der Waals surface area (Å²) in [5.74, 6) is 0.0425. The lowest BCUT2D eigenvalue weighted by Gasteiger charge is -2.21. The largest absolute Gasteiger partial charge is 0.468 e. The van der Waals surface area contributed by atoms with Crippen LogP contribution in [0, 0.1) is 6.92 Å². The number of rotatable bonds is 7. The number of carbonyl (C=O) groups excluding carboxylic acids is 1. The first-order valence-corrected chi connectivity index (χ1v) is 11.1. The average Bonchev–Trinajstić information content (AvgIpc) is 3.21. The smallest absolute Gasteiger partial charge is 0.247 e. The minimum atomic E-state index is -3.92. The topological polar surface area (TPSA) is 84.9 Å². The van der Waals surface area contributed by atoms with Gasteiger partial charge in [0.1, 0.15) is 11.2 Å². The highest BCUT2D eigenvalue weighted by molar-refractivity contribution is 7.89. The molecule has 30 heavy (non-hydrogen) atoms. The van der Waals surface area contributed by atoms with Gasteiger partial charge in [0.2, 0.25) is 15.9 Å². The Balaban J connectivity index is 1.98. The first-order chi connectivity index (χ1) is 14.3. The number of benzene rings is 1. The third kappa shape index (κ3) is 5.14. The Labute approximate surface area is 176 Å². The fourth-order valence-corrected chi connectivity index (χ4v) is 4.26. The van der Waals surface area contributed by atoms with Gasteiger partial charge in [0.15, 0.2) is 0 Å². The molecule has 0 unspecified atom stereocenters. The summed E-state index contributed by atoms with van der Waals surface area (Å²) in [7, 11) is -3.92. The number of aromatic nitrogens is 1. The van der Waals surface area contributed by atoms with E-state index in [0.717, 1.165) is 9.87 Å². The fraction of sp³-hybridized carbons (Fsp3) is 0.273. The van der Waals surface area contributed by atoms with Crippen molar-refractivity contribution in [2.75, 3.05) is 6.54 Å². The van der Waals surface area contributed by atoms with Crippen molar-refractivity contribution in [1.29, 1.82) is 0 Å². The zero-order valence-corrected chi connectivity index (χ0v) is 18.0. The molecule has 7 nitrogen and oxygen atoms in total. The first-order valence-electron chi connectivity index (χ1n) is 9.61. The third-order valence-corrected chi connectivity index (χ3v) is 6.19. The monoisotopic (exact) mass is 427 g/mol. The van der Waals surface area contributed by atoms with Gasteiger partial charge in [0.25, 0.3) is 0 Å². The number of sulfonamides is 1. The molecule has 0 bridgehead atoms. The van der Waals surface area contributed by atoms with Crippen LogP contribution in [0.4, 0.5) is 0 Å². The zero-order valence-electron chi connectivity index (χ0n) is 17.2. The van der Waals surface area contributed by atoms with Crippen LogP contribution in [0.2, 0.25) is 0 Å². The van der Waals surface area contributed by atoms with E-state index < -0.39 is 15.9 Å². The number of hydrogen-bond donors (Lipinski definition) is 0. The number of carbonyl (C=O) groups is 1. The average molecular weight is 428 g/mol. The summed E-state index contributed by atoms with van der Waals surface area (Å²) in [6, 6.07) is 15.1. The molecule has 0 aliphatic carbocycles. The Bertz CT molecular complexity index is 1160. The van der Waals surface area contributed by atoms with E-state index in [2.05, 4.69) is 4.99 Å². The maximum absolute atomic E-state index is 13.3. The SMILES string of the molecule is Cc1ccc(S(=O)(=O)N(CC(=O)n2ccccc2=NC(C)C)Cc2ccco2)cc1. The molecule has 3 aromatic rings. The molecule has 0 saturated carbocycles. The fourth-order valence-electron chi connectivity index (χ4n) is 2.90. The molecule has 0 N–H and O–H groups in total. The predicted octanol–water partition coefficient (Wildman–Crippen LogP) is 3.23. The molecule has 2 aromatic heterocycles. The van der Waals surface area contributed by atoms with E-state index in [4.69, 9.17) is 4.42 Å². The van der Waals surface area contributed by atoms with Crippen LogP contribution in [0.3, 0.4) is 0 Å². The Kier molecular flexibility index (Phi) is 6.69. The van der Waals surface area contributed by atoms with E-state index in [1.54, 1.807) is 60.8 Å². The van der Waals surface area contributed by atoms with Crippen LogP contribution in [0.1, 0.15) is 30.0 Å². The summed E-state index contributed by atoms with van der Waals surface area (Å²) in [5.41, 5.74) is 1.42. The van der Waals surface area contributed by atoms with Crippen LogP contribution in [0.15, 0.2) is 81.4 Å². The van der Waals surface area contributed by atoms with Crippen LogP contribution in [-0.2, 0) is 16.6 Å². The number of nitrogens with zero attached hydrogens (tertiary/aromatic N) is 3. The molecule has 0 fully saturated rings. The van der Waals surface area contributed by atoms with Crippen molar-refractivity contribution in [3.8, 4) is 0 Å². The molecular weight excluding hydrogens is 402 g/mol. The van der Waals surface area contributed by atoms with Gasteiger partial charge >= 0.3 is 0 Å². The van der Waals surface area contributed by atoms with Gasteiger partial charge in [-0.2, -0.15) is 4.31 Å². The lowest BCUT2D eigenvalue weighted by atomic mass is 10.2. The van der Waals surface area contributed by atoms with Gasteiger partial charge in [-0.15, -0.1) is 0 Å². The van der Waals surface area contributed by atoms with Crippen LogP contribution in [0.5, 0.6) is 0 Å². The molecule has 0 spiro atoms. The maximum atomic E-state index is 13.3. The highest BCUT2D eigenvalue weighted by Crippen LogP contribution is 2.19. The predicted molar refractivity (Wildman–Crippen MR) is 113 cm³/mol. The molecule has 0 radical (unpaired) electrons. The number of furan rings is 1. The Morgan fingerprint density at radius 3 is 2.47 bits per heavy atom. The quantitative estimate of drug-likeness (QED) is 0.579. The second-order valence-electron chi connectivity index (χ2n) is 7.21. The summed E-state index contributed by atoms with van der Waals surface area (Å²) < 4.78 is 34.4. The molecule has 0 amide bonds. The molecule has 0 saturated heterocycles. The van der Waals surface area contributed by atoms with Crippen molar-refractivity contribution in [2.24, 2.45) is 4.99 Å². The molecular formula is C22H25N3O4S. The standard InChI is InChI=1S/C22H25N3O4S/c1-17(2)23-21-8-4-5-13-25(21)22(26)16-24(15-19-7-6-14-29-19)30(27,28)20-11-9-18(3)10-12-20/h4-14,17H,15-16H2,1-3H3. The van der Waals surface area contributed by atoms with Crippen molar-refractivity contribution in [2.45, 2.75) is 38.3 Å². The van der Waals surface area contributed by atoms with Gasteiger partial charge in [-0.1, -0.05) is 23.8 Å². The number of aryl methyl sites for hydroxylation is 1. The van der Waals surface area contributed by atoms with E-state index in [1.165, 1.54) is 10.8 Å². The van der Waals surface area contributed by atoms with Crippen molar-refractivity contribution in [1.82, 2.24) is 8.87 Å². The molecule has 2 heterocycles. The van der Waals surface area contributed by atoms with Gasteiger partial charge in [-0.3, -0.25) is 14.4 Å². The summed E-state index contributed by atoms with van der Waals surface area (Å²) in [4.78, 5) is 17.7. The van der Waals surface area contributed by atoms with Gasteiger partial charge in [-0.05, 0) is 57.2 Å². The summed E-state index contributed by atoms with van der Waals surface area (Å²) >= 11 is 0. The summed E-state index contributed by atoms with van der Waals surface area (Å²) in [5, 5.41) is 0. The summed E-state index contributed by atoms with van der Waals surface area (Å²) in [6.45, 7) is 5.29. The van der Waals surface area contributed by atoms with Gasteiger partial charge in [0, 0.05) is 12.2 Å². The lowest BCUT2D eigenvalue weighted by molar-refractivity contribution is 0.0876. The molecule has 1 aromatic carbocycles. The lowest BCUT2D eigenvalue weighted by Crippen LogP contribution is -2.40. The van der Waals surface area contributed by atoms with Crippen LogP contribution in [-0.4, -0.2) is 35.8 Å². The highest BCUT2D eigenvalue weighted by Gasteiger charge is 2.28. The Morgan fingerprint density at radius 2 is 1.83 bits per heavy atom. The van der Waals surface area contributed by atoms with E-state index in [-0.39, 0.29) is 24.0 Å². The normalized spacial score (nSPS) is 12.6. The first kappa shape index (κ1) is 21.7. The van der Waals surface area contributed by atoms with Crippen molar-refractivity contribution >= 4 is 15.9 Å². The summed E-state index contributed by atoms with van der Waals surface area (Å²) in [6.07, 6.45) is 3.06. The second-order valence-corrected chi connectivity index (χ2v) is 9.15. The van der Waals surface area contributed by atoms with Crippen LogP contribution < -0.4 is 5.49 Å². The van der Waals surface area contributed by atoms with E-state index in [1.807, 2.05) is 20.8 Å². The third-order valence-electron chi connectivity index (χ3n) is 4.38. The second kappa shape index (κ2) is 9.23. The van der Waals surface area contributed by atoms with Crippen LogP contribution >= 0.6 is 0 Å². The number of hydrogen-bond acceptors (Lipinski definition) is 5. The van der Waals surface area contributed by atoms with Gasteiger partial charge in [0.05, 0.1) is 24.2 Å². The molecule has 8 heteroatoms. The van der Waals surface area contributed by atoms with Crippen molar-refractivity contribution in [3.05, 3.63) is 83.9 Å². The molecule has 158 valence electrons. The molecule has 3 rings (SSSR count). The molecule has 0 atom stereocenters. The zero-order chi connectivity index (χ0) is 21.7. The number of pyridine rings is 1. The van der Waals surface area contributed by atoms with Gasteiger partial charge in [-0.25, -0.2) is 8.42 Å². The van der Waals surface area contributed by atoms with Crippen molar-refractivity contribution < 1.29 is 17.6 Å². The maximum Gasteiger partial charge on any atom is 0.247 e. The van der Waals surface area contributed by atoms with E-state index in [0.29, 0.717) is 11.2 Å². The highest BCUT2D eigenvalue weighted by atomic mass is 32.2. The minimum absolute atomic E-state index is 0.0121.